The fraction of sp³-hybridized carbons (Fsp3) is 0.200. The zero-order valence-corrected chi connectivity index (χ0v) is 19.2. The summed E-state index contributed by atoms with van der Waals surface area (Å²) >= 11 is 0. The summed E-state index contributed by atoms with van der Waals surface area (Å²) in [5.41, 5.74) is 7.58. The molecule has 4 aromatic rings. The summed E-state index contributed by atoms with van der Waals surface area (Å²) < 4.78 is 16.3. The highest BCUT2D eigenvalue weighted by Gasteiger charge is 2.20. The molecule has 0 aliphatic carbocycles. The summed E-state index contributed by atoms with van der Waals surface area (Å²) in [7, 11) is 1.49. The highest BCUT2D eigenvalue weighted by atomic mass is 16.5. The maximum Gasteiger partial charge on any atom is 0.270 e. The van der Waals surface area contributed by atoms with E-state index in [0.717, 1.165) is 5.56 Å². The molecular weight excluding hydrogens is 436 g/mol. The number of aryl methyl sites for hydroxylation is 1. The van der Waals surface area contributed by atoms with Gasteiger partial charge in [0.05, 0.1) is 35.6 Å². The molecule has 0 radical (unpaired) electrons. The largest absolute Gasteiger partial charge is 0.493 e. The van der Waals surface area contributed by atoms with Crippen molar-refractivity contribution in [3.63, 3.8) is 0 Å². The standard InChI is InChI=1S/C25H24N4O5/c1-14(2)33-20-11-10-17(12-21(20)32-4)23(30)27-28-24(31)18-13-19(16-8-6-5-7-9-16)26-25-22(18)15(3)29-34-25/h5-14H,1-4H3,(H,27,30)(H,28,31). The lowest BCUT2D eigenvalue weighted by Gasteiger charge is -2.14. The van der Waals surface area contributed by atoms with Gasteiger partial charge in [0.2, 0.25) is 0 Å². The maximum absolute atomic E-state index is 13.1. The number of ether oxygens (including phenoxy) is 2. The van der Waals surface area contributed by atoms with Crippen LogP contribution in [-0.4, -0.2) is 35.2 Å². The van der Waals surface area contributed by atoms with Gasteiger partial charge in [-0.15, -0.1) is 0 Å². The van der Waals surface area contributed by atoms with Gasteiger partial charge >= 0.3 is 0 Å². The van der Waals surface area contributed by atoms with E-state index in [0.29, 0.717) is 33.8 Å². The molecule has 0 spiro atoms. The van der Waals surface area contributed by atoms with E-state index >= 15 is 0 Å². The van der Waals surface area contributed by atoms with Crippen LogP contribution in [-0.2, 0) is 0 Å². The Labute approximate surface area is 196 Å². The molecule has 174 valence electrons. The fourth-order valence-electron chi connectivity index (χ4n) is 3.44. The highest BCUT2D eigenvalue weighted by Crippen LogP contribution is 2.29. The lowest BCUT2D eigenvalue weighted by Crippen LogP contribution is -2.41. The third kappa shape index (κ3) is 4.68. The molecule has 0 fully saturated rings. The number of methoxy groups -OCH3 is 1. The maximum atomic E-state index is 13.1. The van der Waals surface area contributed by atoms with Gasteiger partial charge in [-0.25, -0.2) is 4.98 Å². The number of nitrogens with zero attached hydrogens (tertiary/aromatic N) is 2. The van der Waals surface area contributed by atoms with Crippen molar-refractivity contribution in [2.24, 2.45) is 0 Å². The Morgan fingerprint density at radius 3 is 2.41 bits per heavy atom. The van der Waals surface area contributed by atoms with Gasteiger partial charge in [-0.3, -0.25) is 20.4 Å². The number of aromatic nitrogens is 2. The van der Waals surface area contributed by atoms with Crippen molar-refractivity contribution in [2.75, 3.05) is 7.11 Å². The summed E-state index contributed by atoms with van der Waals surface area (Å²) in [6, 6.07) is 15.8. The number of nitrogens with one attached hydrogen (secondary N) is 2. The minimum Gasteiger partial charge on any atom is -0.493 e. The quantitative estimate of drug-likeness (QED) is 0.417. The minimum atomic E-state index is -0.532. The smallest absolute Gasteiger partial charge is 0.270 e. The average Bonchev–Trinajstić information content (AvgIpc) is 3.22. The summed E-state index contributed by atoms with van der Waals surface area (Å²) in [6.45, 7) is 5.51. The van der Waals surface area contributed by atoms with E-state index in [-0.39, 0.29) is 17.4 Å². The molecule has 0 atom stereocenters. The van der Waals surface area contributed by atoms with Gasteiger partial charge in [-0.1, -0.05) is 35.5 Å². The van der Waals surface area contributed by atoms with E-state index in [4.69, 9.17) is 14.0 Å². The number of hydrogen-bond acceptors (Lipinski definition) is 7. The number of pyridine rings is 1. The van der Waals surface area contributed by atoms with E-state index in [2.05, 4.69) is 21.0 Å². The van der Waals surface area contributed by atoms with Crippen molar-refractivity contribution in [1.82, 2.24) is 21.0 Å². The summed E-state index contributed by atoms with van der Waals surface area (Å²) in [5.74, 6) is -0.112. The Kier molecular flexibility index (Phi) is 6.44. The van der Waals surface area contributed by atoms with Crippen molar-refractivity contribution < 1.29 is 23.6 Å². The Morgan fingerprint density at radius 2 is 1.71 bits per heavy atom. The van der Waals surface area contributed by atoms with Crippen LogP contribution in [0.1, 0.15) is 40.3 Å². The van der Waals surface area contributed by atoms with Gasteiger partial charge in [-0.05, 0) is 45.0 Å². The van der Waals surface area contributed by atoms with E-state index in [1.54, 1.807) is 31.2 Å². The monoisotopic (exact) mass is 460 g/mol. The van der Waals surface area contributed by atoms with Crippen LogP contribution in [0.5, 0.6) is 11.5 Å². The second-order valence-electron chi connectivity index (χ2n) is 7.81. The van der Waals surface area contributed by atoms with Gasteiger partial charge in [-0.2, -0.15) is 0 Å². The lowest BCUT2D eigenvalue weighted by molar-refractivity contribution is 0.0847. The van der Waals surface area contributed by atoms with Crippen LogP contribution in [0.2, 0.25) is 0 Å². The zero-order chi connectivity index (χ0) is 24.2. The fourth-order valence-corrected chi connectivity index (χ4v) is 3.44. The van der Waals surface area contributed by atoms with Gasteiger partial charge in [0.25, 0.3) is 17.5 Å². The summed E-state index contributed by atoms with van der Waals surface area (Å²) in [5, 5.41) is 4.41. The van der Waals surface area contributed by atoms with Crippen LogP contribution < -0.4 is 20.3 Å². The number of hydrazine groups is 1. The van der Waals surface area contributed by atoms with Crippen molar-refractivity contribution in [1.29, 1.82) is 0 Å². The predicted octanol–water partition coefficient (Wildman–Crippen LogP) is 4.07. The number of carbonyl (C=O) groups is 2. The lowest BCUT2D eigenvalue weighted by atomic mass is 10.1. The SMILES string of the molecule is COc1cc(C(=O)NNC(=O)c2cc(-c3ccccc3)nc3onc(C)c23)ccc1OC(C)C. The number of benzene rings is 2. The second-order valence-corrected chi connectivity index (χ2v) is 7.81. The highest BCUT2D eigenvalue weighted by molar-refractivity contribution is 6.08. The van der Waals surface area contributed by atoms with Crippen LogP contribution in [0.25, 0.3) is 22.4 Å². The van der Waals surface area contributed by atoms with Gasteiger partial charge < -0.3 is 14.0 Å². The van der Waals surface area contributed by atoms with Crippen LogP contribution >= 0.6 is 0 Å². The molecule has 2 N–H and O–H groups in total. The van der Waals surface area contributed by atoms with Gasteiger partial charge in [0.1, 0.15) is 0 Å². The molecule has 0 saturated heterocycles. The van der Waals surface area contributed by atoms with Crippen molar-refractivity contribution in [2.45, 2.75) is 26.9 Å². The number of hydrogen-bond donors (Lipinski definition) is 2. The topological polar surface area (TPSA) is 116 Å². The third-order valence-corrected chi connectivity index (χ3v) is 5.01. The van der Waals surface area contributed by atoms with E-state index in [9.17, 15) is 9.59 Å². The molecule has 9 heteroatoms. The molecule has 0 bridgehead atoms. The molecule has 4 rings (SSSR count). The van der Waals surface area contributed by atoms with Gasteiger partial charge in [0.15, 0.2) is 11.5 Å². The summed E-state index contributed by atoms with van der Waals surface area (Å²) in [6.07, 6.45) is -0.0493. The first-order valence-electron chi connectivity index (χ1n) is 10.6. The first-order chi connectivity index (χ1) is 16.4. The molecule has 34 heavy (non-hydrogen) atoms. The average molecular weight is 460 g/mol. The zero-order valence-electron chi connectivity index (χ0n) is 19.2. The molecule has 0 aliphatic heterocycles. The molecule has 2 aromatic heterocycles. The molecule has 0 aliphatic rings. The Balaban J connectivity index is 1.57. The Morgan fingerprint density at radius 1 is 0.971 bits per heavy atom. The van der Waals surface area contributed by atoms with Crippen LogP contribution in [0.4, 0.5) is 0 Å². The van der Waals surface area contributed by atoms with Crippen LogP contribution in [0.3, 0.4) is 0 Å². The van der Waals surface area contributed by atoms with E-state index in [1.807, 2.05) is 44.2 Å². The van der Waals surface area contributed by atoms with Crippen LogP contribution in [0, 0.1) is 6.92 Å². The number of fused-ring (bicyclic) bond motifs is 1. The first kappa shape index (κ1) is 22.8. The molecule has 2 heterocycles. The van der Waals surface area contributed by atoms with Crippen molar-refractivity contribution >= 4 is 22.9 Å². The van der Waals surface area contributed by atoms with E-state index in [1.165, 1.54) is 7.11 Å². The molecule has 0 unspecified atom stereocenters. The van der Waals surface area contributed by atoms with Gasteiger partial charge in [0, 0.05) is 11.1 Å². The minimum absolute atomic E-state index is 0.0493. The van der Waals surface area contributed by atoms with Crippen LogP contribution in [0.15, 0.2) is 59.1 Å². The Hall–Kier alpha value is -4.40. The number of carbonyl (C=O) groups excluding carboxylic acids is 2. The number of amides is 2. The second kappa shape index (κ2) is 9.62. The Bertz CT molecular complexity index is 1350. The molecule has 0 saturated carbocycles. The van der Waals surface area contributed by atoms with Crippen molar-refractivity contribution in [3.8, 4) is 22.8 Å². The third-order valence-electron chi connectivity index (χ3n) is 5.01. The molecule has 9 nitrogen and oxygen atoms in total. The predicted molar refractivity (Wildman–Crippen MR) is 126 cm³/mol. The number of rotatable bonds is 6. The molecule has 2 aromatic carbocycles. The molecular formula is C25H24N4O5. The molecule has 2 amide bonds. The first-order valence-corrected chi connectivity index (χ1v) is 10.6. The van der Waals surface area contributed by atoms with E-state index < -0.39 is 11.8 Å². The summed E-state index contributed by atoms with van der Waals surface area (Å²) in [4.78, 5) is 30.2. The van der Waals surface area contributed by atoms with Crippen molar-refractivity contribution in [3.05, 3.63) is 71.4 Å². The normalized spacial score (nSPS) is 10.9.